The fourth-order valence-corrected chi connectivity index (χ4v) is 2.87. The van der Waals surface area contributed by atoms with Crippen LogP contribution in [0.1, 0.15) is 18.4 Å². The lowest BCUT2D eigenvalue weighted by Gasteiger charge is -2.21. The summed E-state index contributed by atoms with van der Waals surface area (Å²) in [5.74, 6) is 0.883. The Labute approximate surface area is 130 Å². The number of aliphatic hydroxyl groups is 1. The molecule has 1 aliphatic carbocycles. The second kappa shape index (κ2) is 6.36. The summed E-state index contributed by atoms with van der Waals surface area (Å²) in [5.41, 5.74) is 1.00. The van der Waals surface area contributed by atoms with Crippen LogP contribution >= 0.6 is 0 Å². The maximum absolute atomic E-state index is 12.6. The summed E-state index contributed by atoms with van der Waals surface area (Å²) < 4.78 is 5.29. The number of carbonyl (C=O) groups is 1. The van der Waals surface area contributed by atoms with Crippen LogP contribution in [0.2, 0.25) is 0 Å². The highest BCUT2D eigenvalue weighted by atomic mass is 16.5. The molecule has 0 unspecified atom stereocenters. The zero-order valence-corrected chi connectivity index (χ0v) is 12.8. The van der Waals surface area contributed by atoms with E-state index in [2.05, 4.69) is 0 Å². The molecule has 2 aromatic rings. The van der Waals surface area contributed by atoms with Crippen LogP contribution < -0.4 is 4.74 Å². The van der Waals surface area contributed by atoms with Crippen LogP contribution in [0.3, 0.4) is 0 Å². The van der Waals surface area contributed by atoms with E-state index in [4.69, 9.17) is 9.84 Å². The van der Waals surface area contributed by atoms with Gasteiger partial charge in [0.15, 0.2) is 0 Å². The van der Waals surface area contributed by atoms with E-state index in [0.29, 0.717) is 19.0 Å². The van der Waals surface area contributed by atoms with E-state index >= 15 is 0 Å². The molecule has 2 aromatic carbocycles. The van der Waals surface area contributed by atoms with Crippen LogP contribution in [-0.4, -0.2) is 42.2 Å². The monoisotopic (exact) mass is 299 g/mol. The average Bonchev–Trinajstić information content (AvgIpc) is 3.37. The number of benzene rings is 2. The van der Waals surface area contributed by atoms with Crippen LogP contribution in [0.5, 0.6) is 5.75 Å². The van der Waals surface area contributed by atoms with Gasteiger partial charge >= 0.3 is 0 Å². The fraction of sp³-hybridized carbons (Fsp3) is 0.389. The van der Waals surface area contributed by atoms with Gasteiger partial charge in [-0.25, -0.2) is 0 Å². The molecule has 116 valence electrons. The number of methoxy groups -OCH3 is 1. The third-order valence-electron chi connectivity index (χ3n) is 4.17. The number of nitrogens with zero attached hydrogens (tertiary/aromatic N) is 1. The summed E-state index contributed by atoms with van der Waals surface area (Å²) in [6, 6.07) is 12.2. The minimum absolute atomic E-state index is 0.0194. The quantitative estimate of drug-likeness (QED) is 0.891. The molecular formula is C18H21NO3. The smallest absolute Gasteiger partial charge is 0.227 e. The van der Waals surface area contributed by atoms with E-state index in [1.807, 2.05) is 41.3 Å². The van der Waals surface area contributed by atoms with Crippen molar-refractivity contribution in [1.29, 1.82) is 0 Å². The van der Waals surface area contributed by atoms with Crippen molar-refractivity contribution in [3.63, 3.8) is 0 Å². The summed E-state index contributed by atoms with van der Waals surface area (Å²) in [6.45, 7) is 0.448. The Morgan fingerprint density at radius 1 is 1.32 bits per heavy atom. The summed E-state index contributed by atoms with van der Waals surface area (Å²) in [4.78, 5) is 14.4. The predicted molar refractivity (Wildman–Crippen MR) is 86.0 cm³/mol. The van der Waals surface area contributed by atoms with Crippen molar-refractivity contribution in [3.05, 3.63) is 42.0 Å². The number of carbonyl (C=O) groups excluding carboxylic acids is 1. The van der Waals surface area contributed by atoms with Crippen LogP contribution in [0.4, 0.5) is 0 Å². The first-order valence-corrected chi connectivity index (χ1v) is 7.69. The van der Waals surface area contributed by atoms with Crippen molar-refractivity contribution < 1.29 is 14.6 Å². The Kier molecular flexibility index (Phi) is 4.29. The average molecular weight is 299 g/mol. The lowest BCUT2D eigenvalue weighted by molar-refractivity contribution is -0.131. The van der Waals surface area contributed by atoms with Gasteiger partial charge in [-0.3, -0.25) is 4.79 Å². The Balaban J connectivity index is 1.87. The number of hydrogen-bond donors (Lipinski definition) is 1. The SMILES string of the molecule is COc1ccc2cccc(CC(=O)N(CCO)C3CC3)c2c1. The Morgan fingerprint density at radius 2 is 2.14 bits per heavy atom. The highest BCUT2D eigenvalue weighted by Crippen LogP contribution is 2.29. The van der Waals surface area contributed by atoms with Gasteiger partial charge in [0.2, 0.25) is 5.91 Å². The molecule has 4 heteroatoms. The molecule has 0 atom stereocenters. The normalized spacial score (nSPS) is 14.1. The maximum Gasteiger partial charge on any atom is 0.227 e. The third kappa shape index (κ3) is 3.07. The first kappa shape index (κ1) is 14.9. The molecule has 22 heavy (non-hydrogen) atoms. The Bertz CT molecular complexity index is 679. The molecular weight excluding hydrogens is 278 g/mol. The highest BCUT2D eigenvalue weighted by molar-refractivity contribution is 5.91. The summed E-state index contributed by atoms with van der Waals surface area (Å²) >= 11 is 0. The number of rotatable bonds is 6. The molecule has 0 heterocycles. The van der Waals surface area contributed by atoms with Gasteiger partial charge in [0.1, 0.15) is 5.75 Å². The summed E-state index contributed by atoms with van der Waals surface area (Å²) in [5, 5.41) is 11.3. The molecule has 1 saturated carbocycles. The van der Waals surface area contributed by atoms with Crippen molar-refractivity contribution in [3.8, 4) is 5.75 Å². The van der Waals surface area contributed by atoms with Crippen molar-refractivity contribution in [1.82, 2.24) is 4.90 Å². The van der Waals surface area contributed by atoms with Gasteiger partial charge in [0, 0.05) is 12.6 Å². The third-order valence-corrected chi connectivity index (χ3v) is 4.17. The summed E-state index contributed by atoms with van der Waals surface area (Å²) in [7, 11) is 1.64. The molecule has 0 saturated heterocycles. The van der Waals surface area contributed by atoms with Crippen LogP contribution in [0, 0.1) is 0 Å². The molecule has 0 aliphatic heterocycles. The van der Waals surface area contributed by atoms with Crippen LogP contribution in [0.25, 0.3) is 10.8 Å². The lowest BCUT2D eigenvalue weighted by Crippen LogP contribution is -2.36. The van der Waals surface area contributed by atoms with Crippen LogP contribution in [-0.2, 0) is 11.2 Å². The fourth-order valence-electron chi connectivity index (χ4n) is 2.87. The largest absolute Gasteiger partial charge is 0.497 e. The summed E-state index contributed by atoms with van der Waals surface area (Å²) in [6.07, 6.45) is 2.46. The lowest BCUT2D eigenvalue weighted by atomic mass is 10.0. The predicted octanol–water partition coefficient (Wildman–Crippen LogP) is 2.37. The van der Waals surface area contributed by atoms with Gasteiger partial charge in [-0.2, -0.15) is 0 Å². The van der Waals surface area contributed by atoms with Gasteiger partial charge in [-0.1, -0.05) is 24.3 Å². The second-order valence-electron chi connectivity index (χ2n) is 5.72. The van der Waals surface area contributed by atoms with E-state index in [0.717, 1.165) is 34.9 Å². The van der Waals surface area contributed by atoms with E-state index in [-0.39, 0.29) is 12.5 Å². The molecule has 3 rings (SSSR count). The number of hydrogen-bond acceptors (Lipinski definition) is 3. The molecule has 1 fully saturated rings. The van der Waals surface area contributed by atoms with E-state index < -0.39 is 0 Å². The second-order valence-corrected chi connectivity index (χ2v) is 5.72. The van der Waals surface area contributed by atoms with Gasteiger partial charge in [0.25, 0.3) is 0 Å². The number of amides is 1. The number of fused-ring (bicyclic) bond motifs is 1. The van der Waals surface area contributed by atoms with E-state index in [1.54, 1.807) is 7.11 Å². The van der Waals surface area contributed by atoms with Gasteiger partial charge in [-0.05, 0) is 41.3 Å². The van der Waals surface area contributed by atoms with Crippen molar-refractivity contribution in [2.75, 3.05) is 20.3 Å². The molecule has 0 spiro atoms. The molecule has 4 nitrogen and oxygen atoms in total. The zero-order valence-electron chi connectivity index (χ0n) is 12.8. The first-order chi connectivity index (χ1) is 10.7. The van der Waals surface area contributed by atoms with Gasteiger partial charge in [-0.15, -0.1) is 0 Å². The van der Waals surface area contributed by atoms with Crippen LogP contribution in [0.15, 0.2) is 36.4 Å². The van der Waals surface area contributed by atoms with Gasteiger partial charge < -0.3 is 14.7 Å². The first-order valence-electron chi connectivity index (χ1n) is 7.69. The van der Waals surface area contributed by atoms with Gasteiger partial charge in [0.05, 0.1) is 20.1 Å². The van der Waals surface area contributed by atoms with Crippen molar-refractivity contribution in [2.24, 2.45) is 0 Å². The molecule has 0 radical (unpaired) electrons. The molecule has 1 aliphatic rings. The highest BCUT2D eigenvalue weighted by Gasteiger charge is 2.32. The molecule has 0 aromatic heterocycles. The van der Waals surface area contributed by atoms with E-state index in [9.17, 15) is 4.79 Å². The Hall–Kier alpha value is -2.07. The van der Waals surface area contributed by atoms with Crippen molar-refractivity contribution >= 4 is 16.7 Å². The number of aliphatic hydroxyl groups excluding tert-OH is 1. The minimum atomic E-state index is 0.0194. The standard InChI is InChI=1S/C18H21NO3/c1-22-16-8-5-13-3-2-4-14(17(13)12-16)11-18(21)19(9-10-20)15-6-7-15/h2-5,8,12,15,20H,6-7,9-11H2,1H3. The molecule has 1 N–H and O–H groups in total. The Morgan fingerprint density at radius 3 is 2.82 bits per heavy atom. The molecule has 0 bridgehead atoms. The van der Waals surface area contributed by atoms with E-state index in [1.165, 1.54) is 0 Å². The topological polar surface area (TPSA) is 49.8 Å². The number of ether oxygens (including phenoxy) is 1. The molecule has 1 amide bonds. The zero-order chi connectivity index (χ0) is 15.5. The maximum atomic E-state index is 12.6. The van der Waals surface area contributed by atoms with Crippen molar-refractivity contribution in [2.45, 2.75) is 25.3 Å². The minimum Gasteiger partial charge on any atom is -0.497 e.